The number of thioether (sulfide) groups is 1. The summed E-state index contributed by atoms with van der Waals surface area (Å²) in [6, 6.07) is 7.89. The van der Waals surface area contributed by atoms with Crippen molar-refractivity contribution in [2.75, 3.05) is 12.4 Å². The maximum atomic E-state index is 11.7. The normalized spacial score (nSPS) is 12.3. The van der Waals surface area contributed by atoms with Crippen molar-refractivity contribution in [3.63, 3.8) is 0 Å². The predicted octanol–water partition coefficient (Wildman–Crippen LogP) is 4.02. The lowest BCUT2D eigenvalue weighted by molar-refractivity contribution is -0.145. The van der Waals surface area contributed by atoms with E-state index in [2.05, 4.69) is 25.6 Å². The van der Waals surface area contributed by atoms with Gasteiger partial charge in [0.15, 0.2) is 5.78 Å². The van der Waals surface area contributed by atoms with E-state index >= 15 is 0 Å². The maximum Gasteiger partial charge on any atom is 0.313 e. The first-order chi connectivity index (χ1) is 10.5. The number of thiol groups is 1. The first kappa shape index (κ1) is 18.8. The molecule has 0 aliphatic heterocycles. The van der Waals surface area contributed by atoms with E-state index in [1.807, 2.05) is 30.3 Å². The van der Waals surface area contributed by atoms with Crippen LogP contribution in [0.15, 0.2) is 35.2 Å². The van der Waals surface area contributed by atoms with Crippen molar-refractivity contribution in [2.24, 2.45) is 0 Å². The molecule has 0 bridgehead atoms. The second kappa shape index (κ2) is 10.5. The van der Waals surface area contributed by atoms with Gasteiger partial charge in [0.1, 0.15) is 6.42 Å². The molecule has 0 spiro atoms. The summed E-state index contributed by atoms with van der Waals surface area (Å²) in [5.74, 6) is -0.205. The van der Waals surface area contributed by atoms with E-state index in [-0.39, 0.29) is 17.5 Å². The summed E-state index contributed by atoms with van der Waals surface area (Å²) in [5, 5.41) is 0.245. The third-order valence-electron chi connectivity index (χ3n) is 2.88. The van der Waals surface area contributed by atoms with Crippen molar-refractivity contribution in [1.29, 1.82) is 0 Å². The van der Waals surface area contributed by atoms with Gasteiger partial charge in [-0.05, 0) is 31.0 Å². The zero-order valence-electron chi connectivity index (χ0n) is 13.0. The Kier molecular flexibility index (Phi) is 9.01. The molecule has 0 saturated carbocycles. The van der Waals surface area contributed by atoms with Crippen LogP contribution >= 0.6 is 24.4 Å². The topological polar surface area (TPSA) is 43.4 Å². The largest absolute Gasteiger partial charge is 0.466 e. The molecular formula is C17H22O3S2. The van der Waals surface area contributed by atoms with Gasteiger partial charge in [0, 0.05) is 10.1 Å². The van der Waals surface area contributed by atoms with Crippen LogP contribution in [0.3, 0.4) is 0 Å². The first-order valence-electron chi connectivity index (χ1n) is 7.31. The van der Waals surface area contributed by atoms with Gasteiger partial charge < -0.3 is 4.74 Å². The number of hydrogen-bond acceptors (Lipinski definition) is 5. The van der Waals surface area contributed by atoms with Crippen LogP contribution < -0.4 is 0 Å². The molecule has 1 aromatic rings. The SMILES string of the molecule is CCOC(=O)CC(=O)CSC(C=Cc1cccc(S)c1)CC. The molecule has 120 valence electrons. The van der Waals surface area contributed by atoms with Crippen molar-refractivity contribution < 1.29 is 14.3 Å². The first-order valence-corrected chi connectivity index (χ1v) is 8.80. The lowest BCUT2D eigenvalue weighted by atomic mass is 10.2. The van der Waals surface area contributed by atoms with Crippen molar-refractivity contribution in [3.05, 3.63) is 35.9 Å². The van der Waals surface area contributed by atoms with Gasteiger partial charge in [-0.25, -0.2) is 0 Å². The van der Waals surface area contributed by atoms with Crippen LogP contribution in [0.5, 0.6) is 0 Å². The summed E-state index contributed by atoms with van der Waals surface area (Å²) in [6.45, 7) is 4.12. The second-order valence-corrected chi connectivity index (χ2v) is 6.48. The summed E-state index contributed by atoms with van der Waals surface area (Å²) < 4.78 is 4.77. The fraction of sp³-hybridized carbons (Fsp3) is 0.412. The minimum absolute atomic E-state index is 0.0901. The van der Waals surface area contributed by atoms with E-state index in [0.717, 1.165) is 16.9 Å². The highest BCUT2D eigenvalue weighted by Crippen LogP contribution is 2.19. The van der Waals surface area contributed by atoms with Crippen LogP contribution in [-0.4, -0.2) is 29.4 Å². The van der Waals surface area contributed by atoms with Crippen LogP contribution in [0, 0.1) is 0 Å². The number of carbonyl (C=O) groups excluding carboxylic acids is 2. The number of ether oxygens (including phenoxy) is 1. The molecule has 3 nitrogen and oxygen atoms in total. The van der Waals surface area contributed by atoms with Crippen LogP contribution in [0.2, 0.25) is 0 Å². The Balaban J connectivity index is 2.45. The third kappa shape index (κ3) is 7.71. The Labute approximate surface area is 141 Å². The summed E-state index contributed by atoms with van der Waals surface area (Å²) in [5.41, 5.74) is 1.09. The molecule has 0 amide bonds. The Morgan fingerprint density at radius 2 is 2.14 bits per heavy atom. The minimum atomic E-state index is -0.442. The predicted molar refractivity (Wildman–Crippen MR) is 95.5 cm³/mol. The van der Waals surface area contributed by atoms with Crippen molar-refractivity contribution in [3.8, 4) is 0 Å². The maximum absolute atomic E-state index is 11.7. The average molecular weight is 338 g/mol. The lowest BCUT2D eigenvalue weighted by Crippen LogP contribution is -2.14. The zero-order chi connectivity index (χ0) is 16.4. The van der Waals surface area contributed by atoms with Crippen LogP contribution in [0.1, 0.15) is 32.3 Å². The molecule has 0 N–H and O–H groups in total. The van der Waals surface area contributed by atoms with E-state index in [0.29, 0.717) is 12.4 Å². The summed E-state index contributed by atoms with van der Waals surface area (Å²) in [7, 11) is 0. The number of rotatable bonds is 9. The number of carbonyl (C=O) groups is 2. The highest BCUT2D eigenvalue weighted by molar-refractivity contribution is 8.00. The number of Topliss-reactive ketones (excluding diaryl/α,β-unsaturated/α-hetero) is 1. The van der Waals surface area contributed by atoms with Crippen molar-refractivity contribution in [2.45, 2.75) is 36.8 Å². The molecule has 1 atom stereocenters. The number of hydrogen-bond donors (Lipinski definition) is 1. The van der Waals surface area contributed by atoms with Crippen LogP contribution in [0.25, 0.3) is 6.08 Å². The molecule has 22 heavy (non-hydrogen) atoms. The molecule has 0 radical (unpaired) electrons. The van der Waals surface area contributed by atoms with Gasteiger partial charge >= 0.3 is 5.97 Å². The van der Waals surface area contributed by atoms with E-state index < -0.39 is 5.97 Å². The van der Waals surface area contributed by atoms with Crippen LogP contribution in [-0.2, 0) is 14.3 Å². The monoisotopic (exact) mass is 338 g/mol. The Hall–Kier alpha value is -1.20. The van der Waals surface area contributed by atoms with E-state index in [4.69, 9.17) is 4.74 Å². The number of esters is 1. The molecule has 5 heteroatoms. The smallest absolute Gasteiger partial charge is 0.313 e. The van der Waals surface area contributed by atoms with Gasteiger partial charge in [0.25, 0.3) is 0 Å². The molecule has 0 aromatic heterocycles. The Bertz CT molecular complexity index is 526. The van der Waals surface area contributed by atoms with Crippen LogP contribution in [0.4, 0.5) is 0 Å². The van der Waals surface area contributed by atoms with Crippen molar-refractivity contribution in [1.82, 2.24) is 0 Å². The third-order valence-corrected chi connectivity index (χ3v) is 4.57. The molecule has 0 fully saturated rings. The quantitative estimate of drug-likeness (QED) is 0.419. The minimum Gasteiger partial charge on any atom is -0.466 e. The van der Waals surface area contributed by atoms with Gasteiger partial charge in [0.2, 0.25) is 0 Å². The molecule has 1 aromatic carbocycles. The van der Waals surface area contributed by atoms with Gasteiger partial charge in [0.05, 0.1) is 12.4 Å². The summed E-state index contributed by atoms with van der Waals surface area (Å²) in [6.07, 6.45) is 4.92. The summed E-state index contributed by atoms with van der Waals surface area (Å²) >= 11 is 5.86. The number of benzene rings is 1. The van der Waals surface area contributed by atoms with E-state index in [9.17, 15) is 9.59 Å². The zero-order valence-corrected chi connectivity index (χ0v) is 14.7. The fourth-order valence-corrected chi connectivity index (χ4v) is 2.94. The Morgan fingerprint density at radius 1 is 1.36 bits per heavy atom. The molecule has 0 saturated heterocycles. The highest BCUT2D eigenvalue weighted by Gasteiger charge is 2.12. The molecule has 1 rings (SSSR count). The van der Waals surface area contributed by atoms with Gasteiger partial charge in [-0.15, -0.1) is 24.4 Å². The van der Waals surface area contributed by atoms with E-state index in [1.54, 1.807) is 18.7 Å². The average Bonchev–Trinajstić information content (AvgIpc) is 2.47. The van der Waals surface area contributed by atoms with Gasteiger partial charge in [-0.3, -0.25) is 9.59 Å². The molecule has 0 aliphatic rings. The summed E-state index contributed by atoms with van der Waals surface area (Å²) in [4.78, 5) is 23.9. The fourth-order valence-electron chi connectivity index (χ4n) is 1.78. The second-order valence-electron chi connectivity index (χ2n) is 4.73. The molecule has 0 aliphatic carbocycles. The Morgan fingerprint density at radius 3 is 2.77 bits per heavy atom. The van der Waals surface area contributed by atoms with Gasteiger partial charge in [-0.2, -0.15) is 0 Å². The standard InChI is InChI=1S/C17H22O3S2/c1-3-16(9-8-13-6-5-7-15(21)10-13)22-12-14(18)11-17(19)20-4-2/h5-10,16,21H,3-4,11-12H2,1-2H3. The van der Waals surface area contributed by atoms with E-state index in [1.165, 1.54) is 0 Å². The molecular weight excluding hydrogens is 316 g/mol. The highest BCUT2D eigenvalue weighted by atomic mass is 32.2. The lowest BCUT2D eigenvalue weighted by Gasteiger charge is -2.09. The molecule has 0 heterocycles. The van der Waals surface area contributed by atoms with Crippen molar-refractivity contribution >= 4 is 42.2 Å². The van der Waals surface area contributed by atoms with Gasteiger partial charge in [-0.1, -0.05) is 31.2 Å². The molecule has 1 unspecified atom stereocenters. The number of ketones is 1.